The van der Waals surface area contributed by atoms with Crippen LogP contribution < -0.4 is 5.32 Å². The number of aliphatic imine (C=N–C) groups is 1. The zero-order valence-corrected chi connectivity index (χ0v) is 18.1. The van der Waals surface area contributed by atoms with Gasteiger partial charge in [-0.2, -0.15) is 0 Å². The molecule has 0 atom stereocenters. The molecule has 2 aromatic rings. The van der Waals surface area contributed by atoms with E-state index in [9.17, 15) is 0 Å². The van der Waals surface area contributed by atoms with E-state index in [1.807, 2.05) is 18.2 Å². The Hall–Kier alpha value is -1.12. The Kier molecular flexibility index (Phi) is 11.5. The van der Waals surface area contributed by atoms with Gasteiger partial charge in [-0.3, -0.25) is 4.99 Å². The fourth-order valence-corrected chi connectivity index (χ4v) is 2.99. The molecule has 1 aromatic carbocycles. The minimum atomic E-state index is 0. The van der Waals surface area contributed by atoms with E-state index < -0.39 is 0 Å². The van der Waals surface area contributed by atoms with Crippen LogP contribution >= 0.6 is 35.3 Å². The lowest BCUT2D eigenvalue weighted by Crippen LogP contribution is -2.40. The fourth-order valence-electron chi connectivity index (χ4n) is 2.29. The fraction of sp³-hybridized carbons (Fsp3) is 0.421. The Morgan fingerprint density at radius 1 is 1.20 bits per heavy atom. The first-order valence-electron chi connectivity index (χ1n) is 8.43. The predicted molar refractivity (Wildman–Crippen MR) is 118 cm³/mol. The number of rotatable bonds is 9. The van der Waals surface area contributed by atoms with E-state index in [2.05, 4.69) is 58.8 Å². The molecule has 0 bridgehead atoms. The van der Waals surface area contributed by atoms with Gasteiger partial charge in [0.2, 0.25) is 0 Å². The first-order chi connectivity index (χ1) is 11.8. The number of hydrogen-bond donors (Lipinski definition) is 1. The van der Waals surface area contributed by atoms with Crippen molar-refractivity contribution >= 4 is 41.3 Å². The number of nitrogens with zero attached hydrogens (tertiary/aromatic N) is 2. The van der Waals surface area contributed by atoms with Gasteiger partial charge >= 0.3 is 0 Å². The number of thiophene rings is 1. The van der Waals surface area contributed by atoms with Crippen molar-refractivity contribution in [2.45, 2.75) is 20.0 Å². The highest BCUT2D eigenvalue weighted by atomic mass is 127. The summed E-state index contributed by atoms with van der Waals surface area (Å²) < 4.78 is 5.70. The van der Waals surface area contributed by atoms with Crippen molar-refractivity contribution in [2.24, 2.45) is 4.99 Å². The summed E-state index contributed by atoms with van der Waals surface area (Å²) in [5.74, 6) is 0.942. The number of guanidine groups is 1. The molecule has 6 heteroatoms. The van der Waals surface area contributed by atoms with E-state index in [1.165, 1.54) is 10.4 Å². The van der Waals surface area contributed by atoms with E-state index in [-0.39, 0.29) is 24.0 Å². The van der Waals surface area contributed by atoms with Gasteiger partial charge in [-0.1, -0.05) is 36.4 Å². The SMILES string of the molecule is CCNC(=NCCOCc1ccccc1)N(C)CCc1cccs1.I. The van der Waals surface area contributed by atoms with Gasteiger partial charge in [0.25, 0.3) is 0 Å². The molecular formula is C19H28IN3OS. The average Bonchev–Trinajstić information content (AvgIpc) is 3.13. The highest BCUT2D eigenvalue weighted by molar-refractivity contribution is 14.0. The molecule has 0 aliphatic rings. The number of benzene rings is 1. The van der Waals surface area contributed by atoms with Crippen LogP contribution in [-0.4, -0.2) is 44.1 Å². The monoisotopic (exact) mass is 473 g/mol. The van der Waals surface area contributed by atoms with Crippen LogP contribution in [0.5, 0.6) is 0 Å². The minimum absolute atomic E-state index is 0. The standard InChI is InChI=1S/C19H27N3OS.HI/c1-3-20-19(22(2)13-11-18-10-7-15-24-18)21-12-14-23-16-17-8-5-4-6-9-17;/h4-10,15H,3,11-14,16H2,1-2H3,(H,20,21);1H. The van der Waals surface area contributed by atoms with Gasteiger partial charge in [0.05, 0.1) is 19.8 Å². The first kappa shape index (κ1) is 21.9. The second-order valence-electron chi connectivity index (χ2n) is 5.52. The largest absolute Gasteiger partial charge is 0.375 e. The molecule has 0 aliphatic carbocycles. The van der Waals surface area contributed by atoms with E-state index >= 15 is 0 Å². The van der Waals surface area contributed by atoms with Crippen LogP contribution in [0, 0.1) is 0 Å². The first-order valence-corrected chi connectivity index (χ1v) is 9.31. The Morgan fingerprint density at radius 2 is 2.00 bits per heavy atom. The van der Waals surface area contributed by atoms with Crippen LogP contribution in [0.1, 0.15) is 17.4 Å². The maximum Gasteiger partial charge on any atom is 0.193 e. The van der Waals surface area contributed by atoms with Gasteiger partial charge in [-0.15, -0.1) is 35.3 Å². The molecule has 0 fully saturated rings. The average molecular weight is 473 g/mol. The van der Waals surface area contributed by atoms with Crippen molar-refractivity contribution in [1.82, 2.24) is 10.2 Å². The van der Waals surface area contributed by atoms with Gasteiger partial charge in [0.1, 0.15) is 0 Å². The molecule has 4 nitrogen and oxygen atoms in total. The third-order valence-corrected chi connectivity index (χ3v) is 4.52. The van der Waals surface area contributed by atoms with Crippen LogP contribution in [0.15, 0.2) is 52.8 Å². The second kappa shape index (κ2) is 13.1. The van der Waals surface area contributed by atoms with E-state index in [0.29, 0.717) is 19.8 Å². The highest BCUT2D eigenvalue weighted by Crippen LogP contribution is 2.09. The third kappa shape index (κ3) is 8.69. The number of halogens is 1. The Balaban J connectivity index is 0.00000312. The third-order valence-electron chi connectivity index (χ3n) is 3.58. The summed E-state index contributed by atoms with van der Waals surface area (Å²) in [6.07, 6.45) is 1.04. The quantitative estimate of drug-likeness (QED) is 0.259. The molecule has 0 saturated heterocycles. The van der Waals surface area contributed by atoms with Crippen LogP contribution in [0.3, 0.4) is 0 Å². The summed E-state index contributed by atoms with van der Waals surface area (Å²) in [5, 5.41) is 5.47. The molecule has 1 heterocycles. The summed E-state index contributed by atoms with van der Waals surface area (Å²) in [6, 6.07) is 14.5. The highest BCUT2D eigenvalue weighted by Gasteiger charge is 2.05. The van der Waals surface area contributed by atoms with Crippen molar-refractivity contribution in [3.05, 3.63) is 58.3 Å². The molecule has 0 radical (unpaired) electrons. The minimum Gasteiger partial charge on any atom is -0.375 e. The molecule has 0 unspecified atom stereocenters. The maximum absolute atomic E-state index is 5.70. The number of nitrogens with one attached hydrogen (secondary N) is 1. The van der Waals surface area contributed by atoms with Gasteiger partial charge < -0.3 is 15.0 Å². The van der Waals surface area contributed by atoms with Crippen LogP contribution in [0.4, 0.5) is 0 Å². The van der Waals surface area contributed by atoms with Gasteiger partial charge in [-0.25, -0.2) is 0 Å². The van der Waals surface area contributed by atoms with Gasteiger partial charge in [0.15, 0.2) is 5.96 Å². The van der Waals surface area contributed by atoms with Crippen molar-refractivity contribution in [2.75, 3.05) is 33.3 Å². The van der Waals surface area contributed by atoms with E-state index in [0.717, 1.165) is 25.5 Å². The van der Waals surface area contributed by atoms with E-state index in [4.69, 9.17) is 4.74 Å². The van der Waals surface area contributed by atoms with Crippen molar-refractivity contribution in [1.29, 1.82) is 0 Å². The number of hydrogen-bond acceptors (Lipinski definition) is 3. The zero-order valence-electron chi connectivity index (χ0n) is 15.0. The molecular weight excluding hydrogens is 445 g/mol. The molecule has 1 N–H and O–H groups in total. The molecule has 0 aliphatic heterocycles. The predicted octanol–water partition coefficient (Wildman–Crippen LogP) is 4.02. The maximum atomic E-state index is 5.70. The summed E-state index contributed by atoms with van der Waals surface area (Å²) in [5.41, 5.74) is 1.20. The van der Waals surface area contributed by atoms with Gasteiger partial charge in [0, 0.05) is 25.0 Å². The van der Waals surface area contributed by atoms with Crippen molar-refractivity contribution in [3.63, 3.8) is 0 Å². The summed E-state index contributed by atoms with van der Waals surface area (Å²) >= 11 is 1.81. The summed E-state index contributed by atoms with van der Waals surface area (Å²) in [6.45, 7) is 5.85. The Morgan fingerprint density at radius 3 is 2.68 bits per heavy atom. The number of ether oxygens (including phenoxy) is 1. The molecule has 0 amide bonds. The lowest BCUT2D eigenvalue weighted by atomic mass is 10.2. The van der Waals surface area contributed by atoms with Crippen LogP contribution in [0.2, 0.25) is 0 Å². The Bertz CT molecular complexity index is 590. The molecule has 0 spiro atoms. The smallest absolute Gasteiger partial charge is 0.193 e. The number of likely N-dealkylation sites (N-methyl/N-ethyl adjacent to an activating group) is 1. The normalized spacial score (nSPS) is 11.0. The van der Waals surface area contributed by atoms with Crippen molar-refractivity contribution in [3.8, 4) is 0 Å². The summed E-state index contributed by atoms with van der Waals surface area (Å²) in [4.78, 5) is 8.24. The molecule has 0 saturated carbocycles. The van der Waals surface area contributed by atoms with Crippen LogP contribution in [-0.2, 0) is 17.8 Å². The second-order valence-corrected chi connectivity index (χ2v) is 6.56. The zero-order chi connectivity index (χ0) is 17.0. The van der Waals surface area contributed by atoms with E-state index in [1.54, 1.807) is 11.3 Å². The summed E-state index contributed by atoms with van der Waals surface area (Å²) in [7, 11) is 2.08. The lowest BCUT2D eigenvalue weighted by Gasteiger charge is -2.21. The molecule has 25 heavy (non-hydrogen) atoms. The van der Waals surface area contributed by atoms with Crippen LogP contribution in [0.25, 0.3) is 0 Å². The molecule has 2 rings (SSSR count). The molecule has 138 valence electrons. The van der Waals surface area contributed by atoms with Gasteiger partial charge in [-0.05, 0) is 30.4 Å². The van der Waals surface area contributed by atoms with Crippen molar-refractivity contribution < 1.29 is 4.74 Å². The lowest BCUT2D eigenvalue weighted by molar-refractivity contribution is 0.128. The molecule has 1 aromatic heterocycles. The Labute approximate surface area is 172 Å². The topological polar surface area (TPSA) is 36.9 Å².